The Labute approximate surface area is 150 Å². The smallest absolute Gasteiger partial charge is 0.229 e. The highest BCUT2D eigenvalue weighted by Gasteiger charge is 2.40. The molecule has 0 aromatic heterocycles. The van der Waals surface area contributed by atoms with Gasteiger partial charge in [-0.3, -0.25) is 14.4 Å². The van der Waals surface area contributed by atoms with Crippen LogP contribution in [0.5, 0.6) is 0 Å². The zero-order valence-electron chi connectivity index (χ0n) is 13.9. The maximum absolute atomic E-state index is 12.3. The number of rotatable bonds is 6. The molecule has 1 N–H and O–H groups in total. The highest BCUT2D eigenvalue weighted by molar-refractivity contribution is 7.92. The molecule has 1 unspecified atom stereocenters. The number of carbonyl (C=O) groups is 1. The molecule has 3 fully saturated rings. The predicted octanol–water partition coefficient (Wildman–Crippen LogP) is 2.47. The average molecular weight is 373 g/mol. The molecule has 24 heavy (non-hydrogen) atoms. The van der Waals surface area contributed by atoms with Crippen molar-refractivity contribution >= 4 is 33.9 Å². The van der Waals surface area contributed by atoms with E-state index in [1.54, 1.807) is 12.1 Å². The Morgan fingerprint density at radius 1 is 1.17 bits per heavy atom. The summed E-state index contributed by atoms with van der Waals surface area (Å²) >= 11 is 0. The molecule has 0 saturated carbocycles. The summed E-state index contributed by atoms with van der Waals surface area (Å²) in [6.07, 6.45) is 6.07. The quantitative estimate of drug-likeness (QED) is 0.833. The summed E-state index contributed by atoms with van der Waals surface area (Å²) in [5.74, 6) is 0.765. The topological polar surface area (TPSA) is 66.5 Å². The van der Waals surface area contributed by atoms with Crippen molar-refractivity contribution in [3.05, 3.63) is 29.8 Å². The summed E-state index contributed by atoms with van der Waals surface area (Å²) in [5, 5.41) is 0. The van der Waals surface area contributed by atoms with Crippen molar-refractivity contribution < 1.29 is 13.2 Å². The van der Waals surface area contributed by atoms with Crippen molar-refractivity contribution in [2.45, 2.75) is 38.1 Å². The minimum Gasteiger partial charge on any atom is -0.298 e. The van der Waals surface area contributed by atoms with Crippen molar-refractivity contribution in [2.24, 2.45) is 5.92 Å². The summed E-state index contributed by atoms with van der Waals surface area (Å²) < 4.78 is 24.8. The molecule has 3 saturated heterocycles. The fourth-order valence-electron chi connectivity index (χ4n) is 3.73. The number of nitrogens with zero attached hydrogens (tertiary/aromatic N) is 1. The molecule has 3 heterocycles. The molecule has 0 amide bonds. The van der Waals surface area contributed by atoms with E-state index in [1.807, 2.05) is 12.1 Å². The number of piperidine rings is 3. The van der Waals surface area contributed by atoms with Crippen LogP contribution in [-0.4, -0.2) is 44.5 Å². The Kier molecular flexibility index (Phi) is 6.28. The van der Waals surface area contributed by atoms with Crippen LogP contribution in [0, 0.1) is 5.92 Å². The van der Waals surface area contributed by atoms with E-state index in [2.05, 4.69) is 9.62 Å². The van der Waals surface area contributed by atoms with Gasteiger partial charge in [0.05, 0.1) is 12.3 Å². The molecule has 4 rings (SSSR count). The molecule has 1 aromatic carbocycles. The largest absolute Gasteiger partial charge is 0.298 e. The second-order valence-corrected chi connectivity index (χ2v) is 8.44. The van der Waals surface area contributed by atoms with E-state index in [-0.39, 0.29) is 18.4 Å². The van der Waals surface area contributed by atoms with Crippen LogP contribution >= 0.6 is 12.4 Å². The fourth-order valence-corrected chi connectivity index (χ4v) is 4.29. The minimum absolute atomic E-state index is 0. The first-order valence-corrected chi connectivity index (χ1v) is 10.2. The Bertz CT molecular complexity index is 668. The van der Waals surface area contributed by atoms with Crippen LogP contribution in [0.3, 0.4) is 0 Å². The van der Waals surface area contributed by atoms with Gasteiger partial charge in [0.1, 0.15) is 0 Å². The molecule has 0 aliphatic carbocycles. The predicted molar refractivity (Wildman–Crippen MR) is 98.2 cm³/mol. The van der Waals surface area contributed by atoms with Crippen LogP contribution in [0.25, 0.3) is 0 Å². The lowest BCUT2D eigenvalue weighted by molar-refractivity contribution is -0.137. The summed E-state index contributed by atoms with van der Waals surface area (Å²) in [6, 6.07) is 7.60. The molecule has 3 aliphatic heterocycles. The van der Waals surface area contributed by atoms with Gasteiger partial charge in [0, 0.05) is 11.6 Å². The van der Waals surface area contributed by atoms with Crippen molar-refractivity contribution in [3.63, 3.8) is 0 Å². The Hall–Kier alpha value is -1.11. The van der Waals surface area contributed by atoms with Crippen LogP contribution in [0.1, 0.15) is 31.2 Å². The van der Waals surface area contributed by atoms with E-state index < -0.39 is 10.0 Å². The van der Waals surface area contributed by atoms with Gasteiger partial charge in [0.25, 0.3) is 0 Å². The molecule has 2 bridgehead atoms. The third kappa shape index (κ3) is 4.71. The molecular weight excluding hydrogens is 348 g/mol. The fraction of sp³-hybridized carbons (Fsp3) is 0.588. The van der Waals surface area contributed by atoms with Gasteiger partial charge in [-0.15, -0.1) is 12.4 Å². The number of aryl methyl sites for hydroxylation is 1. The third-order valence-corrected chi connectivity index (χ3v) is 5.51. The SMILES string of the molecule is CS(=O)(=O)Nc1ccc(CCCC2C(=O)C3CCN2CC3)cc1.Cl. The molecule has 3 aliphatic rings. The van der Waals surface area contributed by atoms with Crippen LogP contribution in [-0.2, 0) is 21.2 Å². The monoisotopic (exact) mass is 372 g/mol. The van der Waals surface area contributed by atoms with Gasteiger partial charge in [0.2, 0.25) is 10.0 Å². The highest BCUT2D eigenvalue weighted by Crippen LogP contribution is 2.31. The third-order valence-electron chi connectivity index (χ3n) is 4.90. The maximum Gasteiger partial charge on any atom is 0.229 e. The van der Waals surface area contributed by atoms with Crippen molar-refractivity contribution in [3.8, 4) is 0 Å². The Morgan fingerprint density at radius 3 is 2.33 bits per heavy atom. The average Bonchev–Trinajstić information content (AvgIpc) is 2.51. The molecule has 7 heteroatoms. The van der Waals surface area contributed by atoms with Gasteiger partial charge in [-0.2, -0.15) is 0 Å². The first kappa shape index (κ1) is 19.2. The van der Waals surface area contributed by atoms with E-state index in [0.717, 1.165) is 51.4 Å². The molecule has 0 radical (unpaired) electrons. The number of hydrogen-bond acceptors (Lipinski definition) is 4. The van der Waals surface area contributed by atoms with Crippen LogP contribution in [0.15, 0.2) is 24.3 Å². The summed E-state index contributed by atoms with van der Waals surface area (Å²) in [5.41, 5.74) is 1.76. The molecular formula is C17H25ClN2O3S. The van der Waals surface area contributed by atoms with E-state index >= 15 is 0 Å². The minimum atomic E-state index is -3.23. The van der Waals surface area contributed by atoms with Gasteiger partial charge in [-0.25, -0.2) is 8.42 Å². The first-order valence-electron chi connectivity index (χ1n) is 8.27. The van der Waals surface area contributed by atoms with E-state index in [1.165, 1.54) is 5.56 Å². The number of fused-ring (bicyclic) bond motifs is 3. The lowest BCUT2D eigenvalue weighted by atomic mass is 9.80. The number of ketones is 1. The van der Waals surface area contributed by atoms with Gasteiger partial charge >= 0.3 is 0 Å². The standard InChI is InChI=1S/C17H24N2O3S.ClH/c1-23(21,22)18-15-7-5-13(6-8-15)3-2-4-16-17(20)14-9-11-19(16)12-10-14;/h5-8,14,16,18H,2-4,9-12H2,1H3;1H. The van der Waals surface area contributed by atoms with Crippen LogP contribution in [0.2, 0.25) is 0 Å². The molecule has 5 nitrogen and oxygen atoms in total. The number of halogens is 1. The zero-order valence-corrected chi connectivity index (χ0v) is 15.5. The van der Waals surface area contributed by atoms with Crippen LogP contribution in [0.4, 0.5) is 5.69 Å². The first-order chi connectivity index (χ1) is 10.9. The lowest BCUT2D eigenvalue weighted by Gasteiger charge is -2.44. The number of Topliss-reactive ketones (excluding diaryl/α,β-unsaturated/α-hetero) is 1. The number of carbonyl (C=O) groups excluding carboxylic acids is 1. The molecule has 134 valence electrons. The summed E-state index contributed by atoms with van der Waals surface area (Å²) in [7, 11) is -3.23. The maximum atomic E-state index is 12.3. The summed E-state index contributed by atoms with van der Waals surface area (Å²) in [6.45, 7) is 2.15. The van der Waals surface area contributed by atoms with Gasteiger partial charge in [-0.05, 0) is 62.9 Å². The second kappa shape index (κ2) is 7.85. The molecule has 1 atom stereocenters. The summed E-state index contributed by atoms with van der Waals surface area (Å²) in [4.78, 5) is 14.6. The van der Waals surface area contributed by atoms with Crippen LogP contribution < -0.4 is 4.72 Å². The van der Waals surface area contributed by atoms with Gasteiger partial charge in [0.15, 0.2) is 5.78 Å². The zero-order chi connectivity index (χ0) is 16.4. The Morgan fingerprint density at radius 2 is 1.79 bits per heavy atom. The number of nitrogens with one attached hydrogen (secondary N) is 1. The normalized spacial score (nSPS) is 26.0. The molecule has 1 aromatic rings. The number of hydrogen-bond donors (Lipinski definition) is 1. The Balaban J connectivity index is 0.00000208. The van der Waals surface area contributed by atoms with Crippen molar-refractivity contribution in [1.29, 1.82) is 0 Å². The second-order valence-electron chi connectivity index (χ2n) is 6.69. The number of sulfonamides is 1. The van der Waals surface area contributed by atoms with Gasteiger partial charge < -0.3 is 0 Å². The number of anilines is 1. The van der Waals surface area contributed by atoms with E-state index in [0.29, 0.717) is 17.4 Å². The lowest BCUT2D eigenvalue weighted by Crippen LogP contribution is -2.55. The number of benzene rings is 1. The van der Waals surface area contributed by atoms with Crippen molar-refractivity contribution in [1.82, 2.24) is 4.90 Å². The van der Waals surface area contributed by atoms with E-state index in [4.69, 9.17) is 0 Å². The van der Waals surface area contributed by atoms with Gasteiger partial charge in [-0.1, -0.05) is 12.1 Å². The van der Waals surface area contributed by atoms with Crippen molar-refractivity contribution in [2.75, 3.05) is 24.1 Å². The van der Waals surface area contributed by atoms with E-state index in [9.17, 15) is 13.2 Å². The molecule has 0 spiro atoms. The highest BCUT2D eigenvalue weighted by atomic mass is 35.5.